The second kappa shape index (κ2) is 5.37. The van der Waals surface area contributed by atoms with Crippen LogP contribution < -0.4 is 0 Å². The van der Waals surface area contributed by atoms with Crippen molar-refractivity contribution >= 4 is 21.7 Å². The van der Waals surface area contributed by atoms with Gasteiger partial charge in [0.15, 0.2) is 5.78 Å². The first-order chi connectivity index (χ1) is 7.00. The van der Waals surface area contributed by atoms with E-state index in [0.29, 0.717) is 16.6 Å². The SMILES string of the molecule is CN(C)CC(=O)Cc1cccc(F)c1Br. The van der Waals surface area contributed by atoms with Gasteiger partial charge in [0.05, 0.1) is 11.0 Å². The largest absolute Gasteiger partial charge is 0.302 e. The van der Waals surface area contributed by atoms with Crippen molar-refractivity contribution in [1.82, 2.24) is 4.90 Å². The molecule has 0 aromatic heterocycles. The lowest BCUT2D eigenvalue weighted by atomic mass is 10.1. The number of ketones is 1. The summed E-state index contributed by atoms with van der Waals surface area (Å²) in [6, 6.07) is 4.73. The Kier molecular flexibility index (Phi) is 4.42. The number of nitrogens with zero attached hydrogens (tertiary/aromatic N) is 1. The van der Waals surface area contributed by atoms with E-state index < -0.39 is 0 Å². The third kappa shape index (κ3) is 3.72. The first-order valence-electron chi connectivity index (χ1n) is 4.60. The van der Waals surface area contributed by atoms with E-state index in [-0.39, 0.29) is 18.0 Å². The van der Waals surface area contributed by atoms with Gasteiger partial charge in [0.2, 0.25) is 0 Å². The van der Waals surface area contributed by atoms with Crippen molar-refractivity contribution in [2.24, 2.45) is 0 Å². The zero-order chi connectivity index (χ0) is 11.4. The highest BCUT2D eigenvalue weighted by Gasteiger charge is 2.10. The Labute approximate surface area is 97.2 Å². The minimum Gasteiger partial charge on any atom is -0.302 e. The van der Waals surface area contributed by atoms with Crippen LogP contribution in [-0.2, 0) is 11.2 Å². The quantitative estimate of drug-likeness (QED) is 0.839. The fourth-order valence-electron chi connectivity index (χ4n) is 1.31. The maximum Gasteiger partial charge on any atom is 0.151 e. The lowest BCUT2D eigenvalue weighted by Crippen LogP contribution is -2.23. The number of Topliss-reactive ketones (excluding diaryl/α,β-unsaturated/α-hetero) is 1. The van der Waals surface area contributed by atoms with Crippen LogP contribution in [0.4, 0.5) is 4.39 Å². The second-order valence-corrected chi connectivity index (χ2v) is 4.46. The minimum atomic E-state index is -0.329. The van der Waals surface area contributed by atoms with Gasteiger partial charge in [0, 0.05) is 6.42 Å². The molecule has 0 spiro atoms. The fraction of sp³-hybridized carbons (Fsp3) is 0.364. The van der Waals surface area contributed by atoms with E-state index in [1.54, 1.807) is 17.0 Å². The van der Waals surface area contributed by atoms with Gasteiger partial charge in [-0.05, 0) is 41.7 Å². The topological polar surface area (TPSA) is 20.3 Å². The van der Waals surface area contributed by atoms with Gasteiger partial charge in [-0.25, -0.2) is 4.39 Å². The van der Waals surface area contributed by atoms with Crippen LogP contribution in [0.3, 0.4) is 0 Å². The molecule has 0 radical (unpaired) electrons. The monoisotopic (exact) mass is 273 g/mol. The number of carbonyl (C=O) groups is 1. The van der Waals surface area contributed by atoms with Crippen molar-refractivity contribution in [3.05, 3.63) is 34.1 Å². The first-order valence-corrected chi connectivity index (χ1v) is 5.39. The summed E-state index contributed by atoms with van der Waals surface area (Å²) < 4.78 is 13.5. The number of benzene rings is 1. The Morgan fingerprint density at radius 3 is 2.73 bits per heavy atom. The van der Waals surface area contributed by atoms with Crippen LogP contribution in [0.2, 0.25) is 0 Å². The zero-order valence-corrected chi connectivity index (χ0v) is 10.3. The van der Waals surface area contributed by atoms with E-state index >= 15 is 0 Å². The van der Waals surface area contributed by atoms with Gasteiger partial charge in [-0.1, -0.05) is 12.1 Å². The Morgan fingerprint density at radius 1 is 1.47 bits per heavy atom. The van der Waals surface area contributed by atoms with Gasteiger partial charge in [0.1, 0.15) is 5.82 Å². The van der Waals surface area contributed by atoms with E-state index in [1.807, 2.05) is 14.1 Å². The maximum atomic E-state index is 13.1. The average molecular weight is 274 g/mol. The molecule has 1 aromatic carbocycles. The van der Waals surface area contributed by atoms with Crippen LogP contribution in [0.25, 0.3) is 0 Å². The fourth-order valence-corrected chi connectivity index (χ4v) is 1.71. The number of rotatable bonds is 4. The summed E-state index contributed by atoms with van der Waals surface area (Å²) in [6.07, 6.45) is 0.260. The Hall–Kier alpha value is -0.740. The van der Waals surface area contributed by atoms with Gasteiger partial charge >= 0.3 is 0 Å². The summed E-state index contributed by atoms with van der Waals surface area (Å²) in [5.74, 6) is -0.253. The first kappa shape index (κ1) is 12.3. The summed E-state index contributed by atoms with van der Waals surface area (Å²) in [6.45, 7) is 0.378. The molecule has 0 atom stereocenters. The highest BCUT2D eigenvalue weighted by molar-refractivity contribution is 9.10. The molecule has 0 aliphatic carbocycles. The summed E-state index contributed by atoms with van der Waals surface area (Å²) in [7, 11) is 3.66. The molecule has 0 saturated heterocycles. The summed E-state index contributed by atoms with van der Waals surface area (Å²) in [5.41, 5.74) is 0.696. The van der Waals surface area contributed by atoms with E-state index in [2.05, 4.69) is 15.9 Å². The molecular weight excluding hydrogens is 261 g/mol. The van der Waals surface area contributed by atoms with Crippen LogP contribution in [-0.4, -0.2) is 31.3 Å². The van der Waals surface area contributed by atoms with Crippen LogP contribution >= 0.6 is 15.9 Å². The summed E-state index contributed by atoms with van der Waals surface area (Å²) >= 11 is 3.13. The third-order valence-electron chi connectivity index (χ3n) is 1.91. The molecular formula is C11H13BrFNO. The average Bonchev–Trinajstić information content (AvgIpc) is 2.11. The molecule has 1 aromatic rings. The highest BCUT2D eigenvalue weighted by atomic mass is 79.9. The molecule has 82 valence electrons. The normalized spacial score (nSPS) is 10.7. The van der Waals surface area contributed by atoms with Crippen molar-refractivity contribution in [2.45, 2.75) is 6.42 Å². The molecule has 2 nitrogen and oxygen atoms in total. The Balaban J connectivity index is 2.73. The zero-order valence-electron chi connectivity index (χ0n) is 8.76. The number of hydrogen-bond donors (Lipinski definition) is 0. The summed E-state index contributed by atoms with van der Waals surface area (Å²) in [5, 5.41) is 0. The van der Waals surface area contributed by atoms with E-state index in [0.717, 1.165) is 0 Å². The predicted octanol–water partition coefficient (Wildman–Crippen LogP) is 2.26. The molecule has 0 unspecified atom stereocenters. The van der Waals surface area contributed by atoms with Gasteiger partial charge < -0.3 is 4.90 Å². The van der Waals surface area contributed by atoms with E-state index in [9.17, 15) is 9.18 Å². The second-order valence-electron chi connectivity index (χ2n) is 3.67. The van der Waals surface area contributed by atoms with Gasteiger partial charge in [-0.2, -0.15) is 0 Å². The Bertz CT molecular complexity index is 366. The van der Waals surface area contributed by atoms with Crippen LogP contribution in [0.15, 0.2) is 22.7 Å². The van der Waals surface area contributed by atoms with Crippen molar-refractivity contribution in [2.75, 3.05) is 20.6 Å². The summed E-state index contributed by atoms with van der Waals surface area (Å²) in [4.78, 5) is 13.3. The standard InChI is InChI=1S/C11H13BrFNO/c1-14(2)7-9(15)6-8-4-3-5-10(13)11(8)12/h3-5H,6-7H2,1-2H3. The molecule has 0 N–H and O–H groups in total. The molecule has 0 bridgehead atoms. The molecule has 0 amide bonds. The lowest BCUT2D eigenvalue weighted by molar-refractivity contribution is -0.119. The van der Waals surface area contributed by atoms with E-state index in [1.165, 1.54) is 6.07 Å². The number of likely N-dealkylation sites (N-methyl/N-ethyl adjacent to an activating group) is 1. The van der Waals surface area contributed by atoms with Crippen molar-refractivity contribution in [3.8, 4) is 0 Å². The van der Waals surface area contributed by atoms with Crippen LogP contribution in [0.1, 0.15) is 5.56 Å². The van der Waals surface area contributed by atoms with Gasteiger partial charge in [-0.15, -0.1) is 0 Å². The number of halogens is 2. The van der Waals surface area contributed by atoms with Crippen LogP contribution in [0, 0.1) is 5.82 Å². The van der Waals surface area contributed by atoms with Crippen LogP contribution in [0.5, 0.6) is 0 Å². The van der Waals surface area contributed by atoms with Crippen molar-refractivity contribution < 1.29 is 9.18 Å². The van der Waals surface area contributed by atoms with Gasteiger partial charge in [0.25, 0.3) is 0 Å². The molecule has 0 saturated carbocycles. The van der Waals surface area contributed by atoms with Crippen molar-refractivity contribution in [1.29, 1.82) is 0 Å². The molecule has 4 heteroatoms. The van der Waals surface area contributed by atoms with Crippen molar-refractivity contribution in [3.63, 3.8) is 0 Å². The molecule has 0 aliphatic heterocycles. The molecule has 0 aliphatic rings. The molecule has 1 rings (SSSR count). The number of carbonyl (C=O) groups excluding carboxylic acids is 1. The van der Waals surface area contributed by atoms with Gasteiger partial charge in [-0.3, -0.25) is 4.79 Å². The molecule has 0 heterocycles. The highest BCUT2D eigenvalue weighted by Crippen LogP contribution is 2.20. The minimum absolute atomic E-state index is 0.0753. The third-order valence-corrected chi connectivity index (χ3v) is 2.80. The molecule has 0 fully saturated rings. The lowest BCUT2D eigenvalue weighted by Gasteiger charge is -2.09. The predicted molar refractivity (Wildman–Crippen MR) is 61.4 cm³/mol. The molecule has 15 heavy (non-hydrogen) atoms. The smallest absolute Gasteiger partial charge is 0.151 e. The maximum absolute atomic E-state index is 13.1. The number of hydrogen-bond acceptors (Lipinski definition) is 2. The Morgan fingerprint density at radius 2 is 2.13 bits per heavy atom. The van der Waals surface area contributed by atoms with E-state index in [4.69, 9.17) is 0 Å².